The fourth-order valence-electron chi connectivity index (χ4n) is 1.21. The van der Waals surface area contributed by atoms with Crippen LogP contribution in [0.2, 0.25) is 0 Å². The van der Waals surface area contributed by atoms with E-state index in [1.165, 1.54) is 0 Å². The molecule has 1 rings (SSSR count). The Morgan fingerprint density at radius 2 is 1.59 bits per heavy atom. The molecule has 0 atom stereocenters. The summed E-state index contributed by atoms with van der Waals surface area (Å²) in [6.07, 6.45) is 0. The zero-order valence-corrected chi connectivity index (χ0v) is 11.4. The van der Waals surface area contributed by atoms with Crippen LogP contribution in [0.25, 0.3) is 0 Å². The highest BCUT2D eigenvalue weighted by atomic mass is 31.2. The first-order valence-corrected chi connectivity index (χ1v) is 6.77. The van der Waals surface area contributed by atoms with Crippen LogP contribution in [0.3, 0.4) is 0 Å². The molecule has 0 amide bonds. The van der Waals surface area contributed by atoms with Gasteiger partial charge in [-0.3, -0.25) is 0 Å². The molecule has 0 radical (unpaired) electrons. The molecule has 0 heterocycles. The third kappa shape index (κ3) is 5.00. The second-order valence-electron chi connectivity index (χ2n) is 3.14. The second-order valence-corrected chi connectivity index (χ2v) is 4.68. The van der Waals surface area contributed by atoms with E-state index in [2.05, 4.69) is 0 Å². The quantitative estimate of drug-likeness (QED) is 0.530. The van der Waals surface area contributed by atoms with Crippen molar-refractivity contribution in [1.29, 1.82) is 0 Å². The van der Waals surface area contributed by atoms with Crippen LogP contribution in [0.5, 0.6) is 5.75 Å². The molecule has 0 saturated heterocycles. The Bertz CT molecular complexity index is 296. The van der Waals surface area contributed by atoms with Gasteiger partial charge in [0.25, 0.3) is 0 Å². The van der Waals surface area contributed by atoms with Crippen LogP contribution in [0.15, 0.2) is 24.3 Å². The van der Waals surface area contributed by atoms with Crippen LogP contribution in [0, 0.1) is 0 Å². The molecule has 0 aliphatic carbocycles. The maximum Gasteiger partial charge on any atom is 0.205 e. The topological polar surface area (TPSA) is 36.9 Å². The summed E-state index contributed by atoms with van der Waals surface area (Å²) in [5.74, 6) is 0.776. The Labute approximate surface area is 104 Å². The number of hydrogen-bond donors (Lipinski definition) is 0. The summed E-state index contributed by atoms with van der Waals surface area (Å²) in [5.41, 5.74) is 0. The lowest BCUT2D eigenvalue weighted by atomic mass is 10.3. The second kappa shape index (κ2) is 8.43. The standard InChI is InChI=1S/C12H19O4P/c1-4-15-17(16-5-2)12-8-6-11(7-9-12)14-10-13-3/h6-9H,4-5,10H2,1-3H3. The van der Waals surface area contributed by atoms with E-state index in [1.54, 1.807) is 7.11 Å². The van der Waals surface area contributed by atoms with Crippen LogP contribution >= 0.6 is 8.38 Å². The first-order valence-electron chi connectivity index (χ1n) is 5.59. The van der Waals surface area contributed by atoms with Gasteiger partial charge in [0.05, 0.1) is 13.2 Å². The third-order valence-electron chi connectivity index (χ3n) is 1.88. The molecule has 0 fully saturated rings. The molecule has 96 valence electrons. The Kier molecular flexibility index (Phi) is 7.13. The summed E-state index contributed by atoms with van der Waals surface area (Å²) in [5, 5.41) is 1.05. The summed E-state index contributed by atoms with van der Waals surface area (Å²) < 4.78 is 21.3. The molecule has 0 unspecified atom stereocenters. The van der Waals surface area contributed by atoms with Crippen LogP contribution < -0.4 is 10.0 Å². The van der Waals surface area contributed by atoms with Crippen LogP contribution in [0.1, 0.15) is 13.8 Å². The summed E-state index contributed by atoms with van der Waals surface area (Å²) in [6.45, 7) is 5.47. The average Bonchev–Trinajstić information content (AvgIpc) is 2.37. The fourth-order valence-corrected chi connectivity index (χ4v) is 2.45. The molecule has 0 aliphatic heterocycles. The maximum absolute atomic E-state index is 5.57. The Balaban J connectivity index is 2.63. The van der Waals surface area contributed by atoms with Crippen molar-refractivity contribution >= 4 is 13.7 Å². The van der Waals surface area contributed by atoms with Gasteiger partial charge in [-0.25, -0.2) is 0 Å². The monoisotopic (exact) mass is 258 g/mol. The molecule has 0 spiro atoms. The van der Waals surface area contributed by atoms with Gasteiger partial charge in [0.15, 0.2) is 6.79 Å². The summed E-state index contributed by atoms with van der Waals surface area (Å²) in [6, 6.07) is 7.70. The van der Waals surface area contributed by atoms with Crippen molar-refractivity contribution in [3.05, 3.63) is 24.3 Å². The summed E-state index contributed by atoms with van der Waals surface area (Å²) in [4.78, 5) is 0. The van der Waals surface area contributed by atoms with Crippen LogP contribution in [-0.2, 0) is 13.8 Å². The number of rotatable bonds is 8. The minimum Gasteiger partial charge on any atom is -0.468 e. The average molecular weight is 258 g/mol. The van der Waals surface area contributed by atoms with Gasteiger partial charge < -0.3 is 18.5 Å². The maximum atomic E-state index is 5.57. The molecule has 1 aromatic rings. The van der Waals surface area contributed by atoms with Gasteiger partial charge in [0, 0.05) is 12.4 Å². The zero-order chi connectivity index (χ0) is 12.5. The lowest BCUT2D eigenvalue weighted by Crippen LogP contribution is -2.06. The number of methoxy groups -OCH3 is 1. The molecule has 0 aliphatic rings. The van der Waals surface area contributed by atoms with E-state index in [-0.39, 0.29) is 6.79 Å². The van der Waals surface area contributed by atoms with Gasteiger partial charge in [-0.05, 0) is 38.1 Å². The molecule has 0 N–H and O–H groups in total. The first-order chi connectivity index (χ1) is 8.31. The zero-order valence-electron chi connectivity index (χ0n) is 10.5. The Morgan fingerprint density at radius 3 is 2.06 bits per heavy atom. The normalized spacial score (nSPS) is 10.8. The van der Waals surface area contributed by atoms with E-state index in [0.29, 0.717) is 13.2 Å². The molecule has 4 nitrogen and oxygen atoms in total. The van der Waals surface area contributed by atoms with E-state index < -0.39 is 8.38 Å². The van der Waals surface area contributed by atoms with Crippen molar-refractivity contribution in [3.63, 3.8) is 0 Å². The van der Waals surface area contributed by atoms with Gasteiger partial charge in [-0.2, -0.15) is 0 Å². The lowest BCUT2D eigenvalue weighted by Gasteiger charge is -2.16. The molecule has 0 bridgehead atoms. The predicted octanol–water partition coefficient (Wildman–Crippen LogP) is 2.68. The van der Waals surface area contributed by atoms with E-state index in [0.717, 1.165) is 11.1 Å². The molecule has 1 aromatic carbocycles. The molecular weight excluding hydrogens is 239 g/mol. The van der Waals surface area contributed by atoms with Crippen molar-refractivity contribution in [2.75, 3.05) is 27.1 Å². The van der Waals surface area contributed by atoms with E-state index in [4.69, 9.17) is 18.5 Å². The minimum atomic E-state index is -0.968. The van der Waals surface area contributed by atoms with Crippen molar-refractivity contribution in [2.24, 2.45) is 0 Å². The fraction of sp³-hybridized carbons (Fsp3) is 0.500. The number of benzene rings is 1. The van der Waals surface area contributed by atoms with Crippen LogP contribution in [0.4, 0.5) is 0 Å². The lowest BCUT2D eigenvalue weighted by molar-refractivity contribution is 0.0511. The first kappa shape index (κ1) is 14.4. The third-order valence-corrected chi connectivity index (χ3v) is 3.59. The van der Waals surface area contributed by atoms with Gasteiger partial charge in [0.1, 0.15) is 5.75 Å². The molecule has 17 heavy (non-hydrogen) atoms. The summed E-state index contributed by atoms with van der Waals surface area (Å²) >= 11 is 0. The Morgan fingerprint density at radius 1 is 1.00 bits per heavy atom. The highest BCUT2D eigenvalue weighted by Crippen LogP contribution is 2.37. The molecule has 0 saturated carbocycles. The largest absolute Gasteiger partial charge is 0.468 e. The van der Waals surface area contributed by atoms with Gasteiger partial charge in [0.2, 0.25) is 8.38 Å². The van der Waals surface area contributed by atoms with Gasteiger partial charge in [-0.1, -0.05) is 0 Å². The van der Waals surface area contributed by atoms with E-state index in [9.17, 15) is 0 Å². The Hall–Kier alpha value is -0.670. The highest BCUT2D eigenvalue weighted by Gasteiger charge is 2.12. The smallest absolute Gasteiger partial charge is 0.205 e. The predicted molar refractivity (Wildman–Crippen MR) is 68.8 cm³/mol. The van der Waals surface area contributed by atoms with Crippen molar-refractivity contribution in [2.45, 2.75) is 13.8 Å². The van der Waals surface area contributed by atoms with E-state index in [1.807, 2.05) is 38.1 Å². The number of ether oxygens (including phenoxy) is 2. The van der Waals surface area contributed by atoms with Crippen molar-refractivity contribution in [3.8, 4) is 5.75 Å². The number of hydrogen-bond acceptors (Lipinski definition) is 4. The molecule has 5 heteroatoms. The summed E-state index contributed by atoms with van der Waals surface area (Å²) in [7, 11) is 0.627. The SMILES string of the molecule is CCOP(OCC)c1ccc(OCOC)cc1. The van der Waals surface area contributed by atoms with Gasteiger partial charge in [-0.15, -0.1) is 0 Å². The minimum absolute atomic E-state index is 0.255. The van der Waals surface area contributed by atoms with Crippen molar-refractivity contribution in [1.82, 2.24) is 0 Å². The van der Waals surface area contributed by atoms with Gasteiger partial charge >= 0.3 is 0 Å². The van der Waals surface area contributed by atoms with E-state index >= 15 is 0 Å². The molecular formula is C12H19O4P. The van der Waals surface area contributed by atoms with Crippen LogP contribution in [-0.4, -0.2) is 27.1 Å². The molecule has 0 aromatic heterocycles. The van der Waals surface area contributed by atoms with Crippen molar-refractivity contribution < 1.29 is 18.5 Å². The highest BCUT2D eigenvalue weighted by molar-refractivity contribution is 7.56.